The molecular formula is C14H29NO4Si. The summed E-state index contributed by atoms with van der Waals surface area (Å²) in [6.45, 7) is 12.5. The Hall–Kier alpha value is -0.883. The van der Waals surface area contributed by atoms with E-state index in [2.05, 4.69) is 0 Å². The maximum absolute atomic E-state index is 12.3. The Morgan fingerprint density at radius 1 is 1.10 bits per heavy atom. The number of carbonyl (C=O) groups is 2. The van der Waals surface area contributed by atoms with Gasteiger partial charge >= 0.3 is 11.9 Å². The number of hydrogen-bond donors (Lipinski definition) is 1. The molecular weight excluding hydrogens is 274 g/mol. The minimum atomic E-state index is -1.75. The van der Waals surface area contributed by atoms with Crippen LogP contribution in [0.4, 0.5) is 0 Å². The maximum Gasteiger partial charge on any atom is 0.338 e. The first kappa shape index (κ1) is 19.1. The Bertz CT molecular complexity index is 374. The van der Waals surface area contributed by atoms with Gasteiger partial charge in [0.1, 0.15) is 11.2 Å². The lowest BCUT2D eigenvalue weighted by atomic mass is 9.96. The molecule has 118 valence electrons. The summed E-state index contributed by atoms with van der Waals surface area (Å²) in [6, 6.07) is 0. The van der Waals surface area contributed by atoms with Gasteiger partial charge in [-0.1, -0.05) is 13.8 Å². The lowest BCUT2D eigenvalue weighted by Crippen LogP contribution is -2.59. The summed E-state index contributed by atoms with van der Waals surface area (Å²) >= 11 is 0. The highest BCUT2D eigenvalue weighted by atomic mass is 28.1. The van der Waals surface area contributed by atoms with E-state index < -0.39 is 28.7 Å². The van der Waals surface area contributed by atoms with E-state index in [0.717, 1.165) is 10.2 Å². The van der Waals surface area contributed by atoms with Gasteiger partial charge in [-0.05, 0) is 46.6 Å². The summed E-state index contributed by atoms with van der Waals surface area (Å²) in [5.74, 6) is -1.46. The third-order valence-corrected chi connectivity index (χ3v) is 4.82. The maximum atomic E-state index is 12.3. The van der Waals surface area contributed by atoms with E-state index in [1.165, 1.54) is 0 Å². The first-order valence-electron chi connectivity index (χ1n) is 7.02. The molecule has 2 N–H and O–H groups in total. The summed E-state index contributed by atoms with van der Waals surface area (Å²) in [6.07, 6.45) is 0.131. The molecule has 0 bridgehead atoms. The van der Waals surface area contributed by atoms with Gasteiger partial charge in [0.15, 0.2) is 0 Å². The van der Waals surface area contributed by atoms with Crippen LogP contribution in [0.25, 0.3) is 0 Å². The SMILES string of the molecule is CCC(N)(C(=O)OC(C)(C)C)C(=O)OC(C)(C)C(C)[SiH3]. The molecule has 0 aromatic heterocycles. The van der Waals surface area contributed by atoms with Crippen LogP contribution in [0.5, 0.6) is 0 Å². The van der Waals surface area contributed by atoms with Gasteiger partial charge in [0, 0.05) is 10.2 Å². The fraction of sp³-hybridized carbons (Fsp3) is 0.857. The van der Waals surface area contributed by atoms with Crippen LogP contribution < -0.4 is 5.73 Å². The normalized spacial score (nSPS) is 17.2. The Morgan fingerprint density at radius 2 is 1.50 bits per heavy atom. The Labute approximate surface area is 125 Å². The topological polar surface area (TPSA) is 78.6 Å². The zero-order chi connectivity index (χ0) is 16.4. The molecule has 0 rings (SSSR count). The van der Waals surface area contributed by atoms with Crippen LogP contribution in [0.2, 0.25) is 5.54 Å². The lowest BCUT2D eigenvalue weighted by molar-refractivity contribution is -0.178. The number of esters is 2. The van der Waals surface area contributed by atoms with Gasteiger partial charge in [-0.15, -0.1) is 0 Å². The third kappa shape index (κ3) is 4.90. The zero-order valence-corrected chi connectivity index (χ0v) is 16.0. The molecule has 0 aliphatic rings. The van der Waals surface area contributed by atoms with Crippen molar-refractivity contribution in [1.82, 2.24) is 0 Å². The van der Waals surface area contributed by atoms with Crippen molar-refractivity contribution in [3.8, 4) is 0 Å². The molecule has 0 saturated heterocycles. The van der Waals surface area contributed by atoms with Crippen LogP contribution in [-0.4, -0.2) is 38.9 Å². The average molecular weight is 303 g/mol. The van der Waals surface area contributed by atoms with Gasteiger partial charge in [-0.2, -0.15) is 0 Å². The van der Waals surface area contributed by atoms with Gasteiger partial charge in [0.25, 0.3) is 0 Å². The van der Waals surface area contributed by atoms with Gasteiger partial charge in [0.05, 0.1) is 0 Å². The predicted octanol–water partition coefficient (Wildman–Crippen LogP) is 0.931. The van der Waals surface area contributed by atoms with Crippen LogP contribution in [0.15, 0.2) is 0 Å². The minimum absolute atomic E-state index is 0.131. The first-order chi connectivity index (χ1) is 8.76. The molecule has 2 atom stereocenters. The summed E-state index contributed by atoms with van der Waals surface area (Å²) in [5, 5.41) is 0. The molecule has 5 nitrogen and oxygen atoms in total. The highest BCUT2D eigenvalue weighted by Crippen LogP contribution is 2.26. The van der Waals surface area contributed by atoms with Crippen molar-refractivity contribution in [2.24, 2.45) is 5.73 Å². The number of ether oxygens (including phenoxy) is 2. The fourth-order valence-electron chi connectivity index (χ4n) is 1.19. The number of carbonyl (C=O) groups excluding carboxylic acids is 2. The van der Waals surface area contributed by atoms with Crippen LogP contribution in [0.3, 0.4) is 0 Å². The lowest BCUT2D eigenvalue weighted by Gasteiger charge is -2.34. The van der Waals surface area contributed by atoms with Gasteiger partial charge in [0.2, 0.25) is 5.54 Å². The molecule has 0 spiro atoms. The molecule has 0 aliphatic heterocycles. The van der Waals surface area contributed by atoms with Crippen molar-refractivity contribution in [3.05, 3.63) is 0 Å². The van der Waals surface area contributed by atoms with Crippen LogP contribution in [0.1, 0.15) is 54.9 Å². The van der Waals surface area contributed by atoms with Gasteiger partial charge < -0.3 is 15.2 Å². The van der Waals surface area contributed by atoms with Crippen molar-refractivity contribution in [3.63, 3.8) is 0 Å². The molecule has 0 aliphatic carbocycles. The third-order valence-electron chi connectivity index (χ3n) is 3.43. The van der Waals surface area contributed by atoms with Crippen LogP contribution in [0, 0.1) is 0 Å². The summed E-state index contributed by atoms with van der Waals surface area (Å²) in [4.78, 5) is 24.5. The molecule has 20 heavy (non-hydrogen) atoms. The minimum Gasteiger partial charge on any atom is -0.458 e. The number of hydrogen-bond acceptors (Lipinski definition) is 5. The Balaban J connectivity index is 5.15. The van der Waals surface area contributed by atoms with Crippen molar-refractivity contribution in [1.29, 1.82) is 0 Å². The van der Waals surface area contributed by atoms with Gasteiger partial charge in [-0.25, -0.2) is 9.59 Å². The Morgan fingerprint density at radius 3 is 1.80 bits per heavy atom. The number of rotatable bonds is 5. The summed E-state index contributed by atoms with van der Waals surface area (Å²) in [7, 11) is 0.877. The molecule has 0 heterocycles. The van der Waals surface area contributed by atoms with E-state index in [1.54, 1.807) is 27.7 Å². The van der Waals surface area contributed by atoms with Crippen molar-refractivity contribution in [2.45, 2.75) is 77.2 Å². The van der Waals surface area contributed by atoms with Crippen molar-refractivity contribution < 1.29 is 19.1 Å². The largest absolute Gasteiger partial charge is 0.458 e. The quantitative estimate of drug-likeness (QED) is 0.464. The smallest absolute Gasteiger partial charge is 0.338 e. The van der Waals surface area contributed by atoms with E-state index in [0.29, 0.717) is 0 Å². The molecule has 0 fully saturated rings. The molecule has 0 aromatic rings. The second kappa shape index (κ2) is 6.26. The molecule has 0 amide bonds. The Kier molecular flexibility index (Phi) is 5.98. The van der Waals surface area contributed by atoms with E-state index in [4.69, 9.17) is 15.2 Å². The fourth-order valence-corrected chi connectivity index (χ4v) is 1.31. The van der Waals surface area contributed by atoms with Crippen molar-refractivity contribution in [2.75, 3.05) is 0 Å². The molecule has 0 aromatic carbocycles. The van der Waals surface area contributed by atoms with Crippen LogP contribution in [-0.2, 0) is 19.1 Å². The molecule has 0 saturated carbocycles. The average Bonchev–Trinajstić information content (AvgIpc) is 2.24. The van der Waals surface area contributed by atoms with Crippen LogP contribution >= 0.6 is 0 Å². The number of nitrogens with two attached hydrogens (primary N) is 1. The highest BCUT2D eigenvalue weighted by molar-refractivity contribution is 6.12. The van der Waals surface area contributed by atoms with E-state index >= 15 is 0 Å². The second-order valence-corrected chi connectivity index (χ2v) is 8.71. The summed E-state index contributed by atoms with van der Waals surface area (Å²) < 4.78 is 10.7. The molecule has 0 radical (unpaired) electrons. The molecule has 2 unspecified atom stereocenters. The van der Waals surface area contributed by atoms with E-state index in [1.807, 2.05) is 20.8 Å². The second-order valence-electron chi connectivity index (χ2n) is 6.97. The zero-order valence-electron chi connectivity index (χ0n) is 14.0. The van der Waals surface area contributed by atoms with E-state index in [9.17, 15) is 9.59 Å². The summed E-state index contributed by atoms with van der Waals surface area (Å²) in [5.41, 5.74) is 3.12. The first-order valence-corrected chi connectivity index (χ1v) is 8.17. The highest BCUT2D eigenvalue weighted by Gasteiger charge is 2.47. The molecule has 6 heteroatoms. The van der Waals surface area contributed by atoms with E-state index in [-0.39, 0.29) is 12.0 Å². The standard InChI is InChI=1S/C14H29NO4Si/c1-8-14(15,10(16)18-12(3,4)5)11(17)19-13(6,7)9(2)20/h9H,8,15H2,1-7,20H3. The predicted molar refractivity (Wildman–Crippen MR) is 82.6 cm³/mol. The monoisotopic (exact) mass is 303 g/mol. The van der Waals surface area contributed by atoms with Gasteiger partial charge in [-0.3, -0.25) is 0 Å². The van der Waals surface area contributed by atoms with Crippen molar-refractivity contribution >= 4 is 22.2 Å².